The van der Waals surface area contributed by atoms with Gasteiger partial charge in [-0.05, 0) is 120 Å². The maximum absolute atomic E-state index is 5.64. The Hall–Kier alpha value is -3.60. The molecule has 3 aromatic heterocycles. The summed E-state index contributed by atoms with van der Waals surface area (Å²) >= 11 is 4.05. The molecule has 17 rings (SSSR count). The highest BCUT2D eigenvalue weighted by Crippen LogP contribution is 2.58. The van der Waals surface area contributed by atoms with Gasteiger partial charge in [0.1, 0.15) is 0 Å². The first-order chi connectivity index (χ1) is 23.7. The Morgan fingerprint density at radius 2 is 0.562 bits per heavy atom. The van der Waals surface area contributed by atoms with E-state index in [2.05, 4.69) is 72.9 Å². The van der Waals surface area contributed by atoms with Gasteiger partial charge in [0.15, 0.2) is 0 Å². The molecule has 2 aliphatic heterocycles. The van der Waals surface area contributed by atoms with Crippen LogP contribution < -0.4 is 0 Å². The first kappa shape index (κ1) is 26.3. The van der Waals surface area contributed by atoms with E-state index in [-0.39, 0.29) is 0 Å². The van der Waals surface area contributed by atoms with E-state index in [0.717, 1.165) is 0 Å². The van der Waals surface area contributed by atoms with E-state index in [1.165, 1.54) is 115 Å². The van der Waals surface area contributed by atoms with Gasteiger partial charge in [0.25, 0.3) is 0 Å². The van der Waals surface area contributed by atoms with Gasteiger partial charge in [0, 0.05) is 66.1 Å². The van der Waals surface area contributed by atoms with Crippen molar-refractivity contribution in [1.82, 2.24) is 9.97 Å². The largest absolute Gasteiger partial charge is 0.248 e. The normalized spacial score (nSPS) is 33.5. The molecule has 12 aliphatic carbocycles. The lowest BCUT2D eigenvalue weighted by Gasteiger charge is -2.33. The molecule has 0 saturated carbocycles. The third kappa shape index (κ3) is 3.30. The van der Waals surface area contributed by atoms with Gasteiger partial charge in [-0.3, -0.25) is 0 Å². The van der Waals surface area contributed by atoms with Crippen molar-refractivity contribution >= 4 is 63.8 Å². The zero-order valence-electron chi connectivity index (χ0n) is 26.9. The predicted molar refractivity (Wildman–Crippen MR) is 200 cm³/mol. The lowest BCUT2D eigenvalue weighted by molar-refractivity contribution is 0.557. The molecule has 2 nitrogen and oxygen atoms in total. The van der Waals surface area contributed by atoms with Crippen molar-refractivity contribution in [3.05, 3.63) is 118 Å². The van der Waals surface area contributed by atoms with Gasteiger partial charge in [-0.2, -0.15) is 0 Å². The second-order valence-electron chi connectivity index (χ2n) is 16.0. The zero-order valence-corrected chi connectivity index (χ0v) is 28.5. The van der Waals surface area contributed by atoms with Crippen LogP contribution in [0.1, 0.15) is 120 Å². The van der Waals surface area contributed by atoms with Crippen LogP contribution in [0, 0.1) is 23.7 Å². The van der Waals surface area contributed by atoms with Gasteiger partial charge in [-0.1, -0.05) is 48.6 Å². The Morgan fingerprint density at radius 3 is 0.792 bits per heavy atom. The standard InChI is InChI=1S/C44H36N2S2/c1-2-22-4-3-21(1)37-29-17-33-41-25-9-11-27(12-10-25)43(41)35(47-33)19-31-39-23-5-7-24(8-6-23)40(39)32(46-31)20-36-44-28-15-13-26(14-16-28)42(44)34(48-36)18-30(45-29)38(22)37/h1-2,5,7,9,11,13,15,17-28H,3-4,6,8,10,12,14,16H2. The van der Waals surface area contributed by atoms with Crippen molar-refractivity contribution in [3.63, 3.8) is 0 Å². The van der Waals surface area contributed by atoms with Crippen molar-refractivity contribution in [2.75, 3.05) is 0 Å². The summed E-state index contributed by atoms with van der Waals surface area (Å²) in [6, 6.07) is 10.1. The van der Waals surface area contributed by atoms with E-state index in [1.54, 1.807) is 22.3 Å². The summed E-state index contributed by atoms with van der Waals surface area (Å²) in [7, 11) is 0. The molecule has 0 fully saturated rings. The summed E-state index contributed by atoms with van der Waals surface area (Å²) < 4.78 is 5.80. The molecule has 0 saturated heterocycles. The quantitative estimate of drug-likeness (QED) is 0.225. The average Bonchev–Trinajstić information content (AvgIpc) is 3.92. The van der Waals surface area contributed by atoms with Crippen LogP contribution in [0.15, 0.2) is 72.9 Å². The highest BCUT2D eigenvalue weighted by atomic mass is 32.1. The van der Waals surface area contributed by atoms with Crippen molar-refractivity contribution in [2.45, 2.75) is 75.0 Å². The number of hydrogen-bond acceptors (Lipinski definition) is 4. The van der Waals surface area contributed by atoms with Crippen LogP contribution in [0.25, 0.3) is 41.1 Å². The molecule has 0 radical (unpaired) electrons. The molecule has 234 valence electrons. The molecular formula is C44H36N2S2. The summed E-state index contributed by atoms with van der Waals surface area (Å²) in [5.74, 6) is 4.06. The van der Waals surface area contributed by atoms with Crippen LogP contribution in [-0.4, -0.2) is 9.97 Å². The third-order valence-corrected chi connectivity index (χ3v) is 16.0. The molecular weight excluding hydrogens is 621 g/mol. The van der Waals surface area contributed by atoms with E-state index < -0.39 is 0 Å². The minimum absolute atomic E-state index is 0.493. The van der Waals surface area contributed by atoms with Crippen LogP contribution in [-0.2, 0) is 0 Å². The molecule has 0 aromatic carbocycles. The van der Waals surface area contributed by atoms with Crippen LogP contribution in [0.4, 0.5) is 0 Å². The van der Waals surface area contributed by atoms with E-state index in [0.29, 0.717) is 47.3 Å². The number of fused-ring (bicyclic) bond motifs is 12. The van der Waals surface area contributed by atoms with Crippen LogP contribution in [0.3, 0.4) is 0 Å². The van der Waals surface area contributed by atoms with Gasteiger partial charge in [0.2, 0.25) is 0 Å². The Morgan fingerprint density at radius 1 is 0.333 bits per heavy atom. The molecule has 4 heteroatoms. The lowest BCUT2D eigenvalue weighted by Crippen LogP contribution is -2.18. The van der Waals surface area contributed by atoms with E-state index in [9.17, 15) is 0 Å². The molecule has 48 heavy (non-hydrogen) atoms. The predicted octanol–water partition coefficient (Wildman–Crippen LogP) is 11.9. The summed E-state index contributed by atoms with van der Waals surface area (Å²) in [6.45, 7) is 0. The third-order valence-electron chi connectivity index (χ3n) is 13.7. The van der Waals surface area contributed by atoms with Gasteiger partial charge >= 0.3 is 0 Å². The van der Waals surface area contributed by atoms with Crippen molar-refractivity contribution in [1.29, 1.82) is 0 Å². The Labute approximate surface area is 289 Å². The summed E-state index contributed by atoms with van der Waals surface area (Å²) in [4.78, 5) is 11.3. The molecule has 3 aromatic rings. The molecule has 8 unspecified atom stereocenters. The molecule has 0 amide bonds. The minimum atomic E-state index is 0.493. The van der Waals surface area contributed by atoms with Gasteiger partial charge in [-0.25, -0.2) is 9.97 Å². The second kappa shape index (κ2) is 9.14. The van der Waals surface area contributed by atoms with Gasteiger partial charge in [-0.15, -0.1) is 22.7 Å². The first-order valence-corrected chi connectivity index (χ1v) is 20.2. The maximum Gasteiger partial charge on any atom is 0.0692 e. The van der Waals surface area contributed by atoms with Crippen molar-refractivity contribution < 1.29 is 0 Å². The monoisotopic (exact) mass is 656 g/mol. The molecule has 0 spiro atoms. The Balaban J connectivity index is 1.19. The molecule has 14 aliphatic rings. The summed E-state index contributed by atoms with van der Waals surface area (Å²) in [6.07, 6.45) is 30.2. The highest BCUT2D eigenvalue weighted by Gasteiger charge is 2.41. The number of hydrogen-bond donors (Lipinski definition) is 0. The Bertz CT molecular complexity index is 2100. The van der Waals surface area contributed by atoms with Gasteiger partial charge < -0.3 is 0 Å². The fourth-order valence-corrected chi connectivity index (χ4v) is 14.3. The summed E-state index contributed by atoms with van der Waals surface area (Å²) in [5, 5.41) is 0. The minimum Gasteiger partial charge on any atom is -0.248 e. The fraction of sp³-hybridized carbons (Fsp3) is 0.364. The van der Waals surface area contributed by atoms with E-state index >= 15 is 0 Å². The summed E-state index contributed by atoms with van der Waals surface area (Å²) in [5.41, 5.74) is 17.5. The van der Waals surface area contributed by atoms with Crippen LogP contribution in [0.5, 0.6) is 0 Å². The second-order valence-corrected chi connectivity index (χ2v) is 18.2. The average molecular weight is 657 g/mol. The lowest BCUT2D eigenvalue weighted by atomic mass is 9.70. The van der Waals surface area contributed by atoms with E-state index in [1.807, 2.05) is 22.7 Å². The fourth-order valence-electron chi connectivity index (χ4n) is 11.7. The molecule has 5 heterocycles. The number of allylic oxidation sites excluding steroid dienone is 12. The molecule has 16 bridgehead atoms. The Kier molecular flexibility index (Phi) is 5.01. The van der Waals surface area contributed by atoms with Crippen LogP contribution >= 0.6 is 22.7 Å². The maximum atomic E-state index is 5.64. The number of nitrogens with zero attached hydrogens (tertiary/aromatic N) is 2. The van der Waals surface area contributed by atoms with E-state index in [4.69, 9.17) is 9.97 Å². The van der Waals surface area contributed by atoms with Crippen LogP contribution in [0.2, 0.25) is 0 Å². The number of aromatic nitrogens is 2. The highest BCUT2D eigenvalue weighted by molar-refractivity contribution is 7.24. The van der Waals surface area contributed by atoms with Crippen molar-refractivity contribution in [3.8, 4) is 0 Å². The molecule has 0 N–H and O–H groups in total. The number of rotatable bonds is 0. The molecule has 8 atom stereocenters. The smallest absolute Gasteiger partial charge is 0.0692 e. The number of thiophene rings is 2. The topological polar surface area (TPSA) is 25.8 Å². The van der Waals surface area contributed by atoms with Gasteiger partial charge in [0.05, 0.1) is 22.8 Å². The zero-order chi connectivity index (χ0) is 30.8. The first-order valence-electron chi connectivity index (χ1n) is 18.6. The SMILES string of the molecule is C1=CC2CCC1C1=C2c2cc3sc(cc4nc(cc5sc(cc1n2)c1c5C2C=CC1CC2)C1=C4C2C=CC1CC2)c1c3C2C=CC1CC2. The van der Waals surface area contributed by atoms with Crippen molar-refractivity contribution in [2.24, 2.45) is 23.7 Å².